The highest BCUT2D eigenvalue weighted by atomic mass is 16.3. The van der Waals surface area contributed by atoms with Gasteiger partial charge in [0.05, 0.1) is 6.04 Å². The van der Waals surface area contributed by atoms with Crippen molar-refractivity contribution in [3.05, 3.63) is 78.4 Å². The van der Waals surface area contributed by atoms with E-state index in [1.165, 1.54) is 0 Å². The monoisotopic (exact) mass is 306 g/mol. The minimum absolute atomic E-state index is 0.517. The third-order valence-electron chi connectivity index (χ3n) is 3.81. The van der Waals surface area contributed by atoms with Crippen LogP contribution in [0.5, 0.6) is 0 Å². The van der Waals surface area contributed by atoms with Gasteiger partial charge >= 0.3 is 0 Å². The van der Waals surface area contributed by atoms with Crippen LogP contribution in [0.25, 0.3) is 10.8 Å². The maximum Gasteiger partial charge on any atom is 0.255 e. The highest BCUT2D eigenvalue weighted by Gasteiger charge is 2.24. The quantitative estimate of drug-likeness (QED) is 0.694. The van der Waals surface area contributed by atoms with Crippen LogP contribution in [-0.2, 0) is 4.79 Å². The van der Waals surface area contributed by atoms with Gasteiger partial charge in [-0.1, -0.05) is 60.7 Å². The molecule has 0 spiro atoms. The van der Waals surface area contributed by atoms with Crippen LogP contribution in [0.3, 0.4) is 0 Å². The minimum Gasteiger partial charge on any atom is -0.381 e. The average Bonchev–Trinajstić information content (AvgIpc) is 2.61. The predicted octanol–water partition coefficient (Wildman–Crippen LogP) is 2.84. The molecule has 116 valence electrons. The van der Waals surface area contributed by atoms with Gasteiger partial charge in [0.2, 0.25) is 0 Å². The molecule has 0 saturated heterocycles. The summed E-state index contributed by atoms with van der Waals surface area (Å²) in [4.78, 5) is 12.2. The van der Waals surface area contributed by atoms with Crippen molar-refractivity contribution in [2.75, 3.05) is 5.32 Å². The molecule has 0 radical (unpaired) electrons. The van der Waals surface area contributed by atoms with Crippen molar-refractivity contribution in [3.8, 4) is 0 Å². The lowest BCUT2D eigenvalue weighted by Gasteiger charge is -2.19. The van der Waals surface area contributed by atoms with E-state index in [-0.39, 0.29) is 0 Å². The maximum atomic E-state index is 12.2. The van der Waals surface area contributed by atoms with Crippen LogP contribution in [0, 0.1) is 0 Å². The zero-order valence-electron chi connectivity index (χ0n) is 12.5. The Kier molecular flexibility index (Phi) is 4.37. The van der Waals surface area contributed by atoms with Gasteiger partial charge in [-0.2, -0.15) is 0 Å². The molecule has 0 fully saturated rings. The van der Waals surface area contributed by atoms with Crippen molar-refractivity contribution in [1.29, 1.82) is 0 Å². The van der Waals surface area contributed by atoms with Crippen LogP contribution in [0.15, 0.2) is 72.8 Å². The van der Waals surface area contributed by atoms with E-state index in [1.54, 1.807) is 18.2 Å². The van der Waals surface area contributed by atoms with Gasteiger partial charge in [0, 0.05) is 5.69 Å². The van der Waals surface area contributed by atoms with Gasteiger partial charge < -0.3 is 16.2 Å². The molecule has 2 atom stereocenters. The summed E-state index contributed by atoms with van der Waals surface area (Å²) in [5, 5.41) is 15.0. The van der Waals surface area contributed by atoms with E-state index in [9.17, 15) is 9.90 Å². The van der Waals surface area contributed by atoms with Gasteiger partial charge in [-0.05, 0) is 28.5 Å². The van der Waals surface area contributed by atoms with Gasteiger partial charge in [0.25, 0.3) is 5.91 Å². The van der Waals surface area contributed by atoms with Crippen molar-refractivity contribution < 1.29 is 9.90 Å². The molecule has 23 heavy (non-hydrogen) atoms. The maximum absolute atomic E-state index is 12.2. The van der Waals surface area contributed by atoms with Crippen molar-refractivity contribution >= 4 is 22.4 Å². The fourth-order valence-corrected chi connectivity index (χ4v) is 2.50. The lowest BCUT2D eigenvalue weighted by molar-refractivity contribution is -0.125. The Morgan fingerprint density at radius 3 is 2.30 bits per heavy atom. The highest BCUT2D eigenvalue weighted by Crippen LogP contribution is 2.20. The fourth-order valence-electron chi connectivity index (χ4n) is 2.50. The number of aliphatic hydroxyl groups excluding tert-OH is 1. The van der Waals surface area contributed by atoms with Crippen LogP contribution in [0.1, 0.15) is 11.6 Å². The SMILES string of the molecule is NC(c1ccccc1)C(O)C(=O)Nc1ccc2ccccc2c1. The molecule has 0 bridgehead atoms. The first-order chi connectivity index (χ1) is 11.1. The number of carbonyl (C=O) groups excluding carboxylic acids is 1. The number of anilines is 1. The van der Waals surface area contributed by atoms with E-state index in [0.29, 0.717) is 11.3 Å². The van der Waals surface area contributed by atoms with Crippen LogP contribution in [0.4, 0.5) is 5.69 Å². The molecule has 0 aliphatic rings. The summed E-state index contributed by atoms with van der Waals surface area (Å²) in [6.07, 6.45) is -1.32. The Labute approximate surface area is 134 Å². The number of aliphatic hydroxyl groups is 1. The zero-order chi connectivity index (χ0) is 16.2. The third kappa shape index (κ3) is 3.39. The smallest absolute Gasteiger partial charge is 0.255 e. The summed E-state index contributed by atoms with van der Waals surface area (Å²) in [5.74, 6) is -0.517. The molecule has 4 N–H and O–H groups in total. The molecule has 4 nitrogen and oxygen atoms in total. The molecule has 3 aromatic carbocycles. The Morgan fingerprint density at radius 1 is 0.913 bits per heavy atom. The molecule has 0 aliphatic heterocycles. The second-order valence-electron chi connectivity index (χ2n) is 5.43. The predicted molar refractivity (Wildman–Crippen MR) is 92.0 cm³/mol. The van der Waals surface area contributed by atoms with E-state index in [2.05, 4.69) is 5.32 Å². The van der Waals surface area contributed by atoms with Gasteiger partial charge in [-0.15, -0.1) is 0 Å². The second kappa shape index (κ2) is 6.60. The van der Waals surface area contributed by atoms with Gasteiger partial charge in [-0.3, -0.25) is 4.79 Å². The number of benzene rings is 3. The van der Waals surface area contributed by atoms with Crippen LogP contribution >= 0.6 is 0 Å². The molecule has 4 heteroatoms. The Balaban J connectivity index is 1.74. The molecule has 0 heterocycles. The minimum atomic E-state index is -1.32. The van der Waals surface area contributed by atoms with Gasteiger partial charge in [0.1, 0.15) is 0 Å². The first-order valence-corrected chi connectivity index (χ1v) is 7.43. The van der Waals surface area contributed by atoms with Gasteiger partial charge in [-0.25, -0.2) is 0 Å². The second-order valence-corrected chi connectivity index (χ2v) is 5.43. The highest BCUT2D eigenvalue weighted by molar-refractivity contribution is 5.97. The van der Waals surface area contributed by atoms with E-state index in [1.807, 2.05) is 54.6 Å². The Morgan fingerprint density at radius 2 is 1.57 bits per heavy atom. The summed E-state index contributed by atoms with van der Waals surface area (Å²) < 4.78 is 0. The Bertz CT molecular complexity index is 818. The molecule has 0 saturated carbocycles. The zero-order valence-corrected chi connectivity index (χ0v) is 12.5. The van der Waals surface area contributed by atoms with Crippen LogP contribution in [-0.4, -0.2) is 17.1 Å². The number of amides is 1. The number of carbonyl (C=O) groups is 1. The number of fused-ring (bicyclic) bond motifs is 1. The molecule has 3 aromatic rings. The summed E-state index contributed by atoms with van der Waals surface area (Å²) >= 11 is 0. The largest absolute Gasteiger partial charge is 0.381 e. The number of hydrogen-bond acceptors (Lipinski definition) is 3. The van der Waals surface area contributed by atoms with E-state index in [0.717, 1.165) is 10.8 Å². The van der Waals surface area contributed by atoms with Crippen molar-refractivity contribution in [2.45, 2.75) is 12.1 Å². The number of nitrogens with two attached hydrogens (primary N) is 1. The normalized spacial score (nSPS) is 13.5. The fraction of sp³-hybridized carbons (Fsp3) is 0.105. The summed E-state index contributed by atoms with van der Waals surface area (Å²) in [6, 6.07) is 21.8. The lowest BCUT2D eigenvalue weighted by atomic mass is 10.0. The standard InChI is InChI=1S/C19H18N2O2/c20-17(14-7-2-1-3-8-14)18(22)19(23)21-16-11-10-13-6-4-5-9-15(13)12-16/h1-12,17-18,22H,20H2,(H,21,23). The number of rotatable bonds is 4. The lowest BCUT2D eigenvalue weighted by Crippen LogP contribution is -2.37. The molecule has 0 aromatic heterocycles. The van der Waals surface area contributed by atoms with Crippen molar-refractivity contribution in [3.63, 3.8) is 0 Å². The summed E-state index contributed by atoms with van der Waals surface area (Å²) in [5.41, 5.74) is 7.32. The molecule has 2 unspecified atom stereocenters. The van der Waals surface area contributed by atoms with Crippen molar-refractivity contribution in [1.82, 2.24) is 0 Å². The molecule has 3 rings (SSSR count). The van der Waals surface area contributed by atoms with Crippen LogP contribution < -0.4 is 11.1 Å². The Hall–Kier alpha value is -2.69. The number of nitrogens with one attached hydrogen (secondary N) is 1. The third-order valence-corrected chi connectivity index (χ3v) is 3.81. The molecule has 1 amide bonds. The topological polar surface area (TPSA) is 75.3 Å². The summed E-state index contributed by atoms with van der Waals surface area (Å²) in [7, 11) is 0. The molecular formula is C19H18N2O2. The first-order valence-electron chi connectivity index (χ1n) is 7.43. The first kappa shape index (κ1) is 15.2. The molecule has 0 aliphatic carbocycles. The van der Waals surface area contributed by atoms with E-state index < -0.39 is 18.1 Å². The van der Waals surface area contributed by atoms with E-state index >= 15 is 0 Å². The number of hydrogen-bond donors (Lipinski definition) is 3. The van der Waals surface area contributed by atoms with E-state index in [4.69, 9.17) is 5.73 Å². The van der Waals surface area contributed by atoms with Crippen LogP contribution in [0.2, 0.25) is 0 Å². The van der Waals surface area contributed by atoms with Crippen molar-refractivity contribution in [2.24, 2.45) is 5.73 Å². The van der Waals surface area contributed by atoms with Gasteiger partial charge in [0.15, 0.2) is 6.10 Å². The summed E-state index contributed by atoms with van der Waals surface area (Å²) in [6.45, 7) is 0. The average molecular weight is 306 g/mol. The molecular weight excluding hydrogens is 288 g/mol.